The quantitative estimate of drug-likeness (QED) is 0.437. The van der Waals surface area contributed by atoms with Gasteiger partial charge in [-0.25, -0.2) is 4.98 Å². The molecule has 1 aromatic heterocycles. The van der Waals surface area contributed by atoms with Crippen LogP contribution in [0.25, 0.3) is 11.0 Å². The molecule has 1 heterocycles. The summed E-state index contributed by atoms with van der Waals surface area (Å²) in [6.07, 6.45) is 0. The maximum Gasteiger partial charge on any atom is 0.305 e. The Bertz CT molecular complexity index is 767. The molecule has 2 aromatic carbocycles. The van der Waals surface area contributed by atoms with E-state index in [0.717, 1.165) is 11.0 Å². The average Bonchev–Trinajstić information content (AvgIpc) is 2.80. The lowest BCUT2D eigenvalue weighted by Gasteiger charge is -2.02. The first-order chi connectivity index (χ1) is 9.65. The Morgan fingerprint density at radius 2 is 2.00 bits per heavy atom. The smallest absolute Gasteiger partial charge is 0.305 e. The van der Waals surface area contributed by atoms with E-state index in [1.165, 1.54) is 17.8 Å². The normalized spacial score (nSPS) is 10.8. The molecule has 0 bridgehead atoms. The monoisotopic (exact) mass is 286 g/mol. The fraction of sp³-hybridized carbons (Fsp3) is 0. The number of nitro groups is 1. The number of nitrogens with two attached hydrogens (primary N) is 1. The Morgan fingerprint density at radius 1 is 1.20 bits per heavy atom. The number of nitrogens with zero attached hydrogens (tertiary/aromatic N) is 2. The topological polar surface area (TPSA) is 97.8 Å². The van der Waals surface area contributed by atoms with Gasteiger partial charge in [0.1, 0.15) is 5.69 Å². The number of nitrogens with one attached hydrogen (secondary N) is 1. The molecule has 0 saturated heterocycles. The van der Waals surface area contributed by atoms with Crippen molar-refractivity contribution in [2.24, 2.45) is 0 Å². The van der Waals surface area contributed by atoms with Crippen LogP contribution < -0.4 is 5.73 Å². The summed E-state index contributed by atoms with van der Waals surface area (Å²) in [6.45, 7) is 0. The summed E-state index contributed by atoms with van der Waals surface area (Å²) >= 11 is 1.19. The van der Waals surface area contributed by atoms with Crippen molar-refractivity contribution in [2.45, 2.75) is 10.1 Å². The minimum Gasteiger partial charge on any atom is -0.393 e. The summed E-state index contributed by atoms with van der Waals surface area (Å²) in [5, 5.41) is 11.7. The van der Waals surface area contributed by atoms with E-state index in [2.05, 4.69) is 9.97 Å². The Hall–Kier alpha value is -2.54. The van der Waals surface area contributed by atoms with Gasteiger partial charge in [0.25, 0.3) is 0 Å². The molecule has 3 aromatic rings. The van der Waals surface area contributed by atoms with Crippen molar-refractivity contribution in [1.29, 1.82) is 0 Å². The van der Waals surface area contributed by atoms with Crippen molar-refractivity contribution in [3.8, 4) is 0 Å². The highest BCUT2D eigenvalue weighted by atomic mass is 32.2. The largest absolute Gasteiger partial charge is 0.393 e. The van der Waals surface area contributed by atoms with Gasteiger partial charge in [-0.1, -0.05) is 18.2 Å². The van der Waals surface area contributed by atoms with Crippen LogP contribution in [0.4, 0.5) is 11.4 Å². The first-order valence-corrected chi connectivity index (χ1v) is 6.62. The van der Waals surface area contributed by atoms with Gasteiger partial charge in [0.05, 0.1) is 20.9 Å². The Morgan fingerprint density at radius 3 is 2.75 bits per heavy atom. The molecular weight excluding hydrogens is 276 g/mol. The van der Waals surface area contributed by atoms with Crippen LogP contribution in [0.3, 0.4) is 0 Å². The predicted molar refractivity (Wildman–Crippen MR) is 77.7 cm³/mol. The van der Waals surface area contributed by atoms with E-state index in [-0.39, 0.29) is 11.4 Å². The number of rotatable bonds is 3. The Labute approximate surface area is 118 Å². The molecule has 0 spiro atoms. The molecule has 0 fully saturated rings. The zero-order chi connectivity index (χ0) is 14.1. The number of aromatic amines is 1. The number of para-hydroxylation sites is 3. The van der Waals surface area contributed by atoms with E-state index in [4.69, 9.17) is 5.73 Å². The average molecular weight is 286 g/mol. The second kappa shape index (κ2) is 4.86. The lowest BCUT2D eigenvalue weighted by molar-refractivity contribution is -0.386. The lowest BCUT2D eigenvalue weighted by Crippen LogP contribution is -1.97. The van der Waals surface area contributed by atoms with Gasteiger partial charge in [-0.15, -0.1) is 0 Å². The summed E-state index contributed by atoms with van der Waals surface area (Å²) in [7, 11) is 0. The van der Waals surface area contributed by atoms with E-state index in [9.17, 15) is 10.1 Å². The third-order valence-corrected chi connectivity index (χ3v) is 3.72. The molecule has 0 aliphatic rings. The van der Waals surface area contributed by atoms with Crippen LogP contribution in [0, 0.1) is 10.1 Å². The van der Waals surface area contributed by atoms with Crippen LogP contribution in [0.1, 0.15) is 0 Å². The van der Waals surface area contributed by atoms with Crippen LogP contribution in [-0.2, 0) is 0 Å². The van der Waals surface area contributed by atoms with Crippen LogP contribution in [0.5, 0.6) is 0 Å². The summed E-state index contributed by atoms with van der Waals surface area (Å²) in [5.74, 6) is 0. The summed E-state index contributed by atoms with van der Waals surface area (Å²) in [5.41, 5.74) is 7.44. The minimum atomic E-state index is -0.472. The first kappa shape index (κ1) is 12.5. The van der Waals surface area contributed by atoms with E-state index in [0.29, 0.717) is 10.1 Å². The van der Waals surface area contributed by atoms with Gasteiger partial charge in [0.2, 0.25) is 0 Å². The number of anilines is 1. The number of nitro benzene ring substituents is 1. The molecule has 6 nitrogen and oxygen atoms in total. The molecule has 100 valence electrons. The molecule has 0 aliphatic carbocycles. The Balaban J connectivity index is 2.02. The van der Waals surface area contributed by atoms with Crippen LogP contribution in [-0.4, -0.2) is 14.9 Å². The van der Waals surface area contributed by atoms with Crippen LogP contribution in [0.2, 0.25) is 0 Å². The maximum atomic E-state index is 11.1. The second-order valence-electron chi connectivity index (χ2n) is 4.11. The second-order valence-corrected chi connectivity index (χ2v) is 5.14. The molecule has 3 N–H and O–H groups in total. The number of aromatic nitrogens is 2. The summed E-state index contributed by atoms with van der Waals surface area (Å²) in [6, 6.07) is 12.4. The molecule has 0 atom stereocenters. The van der Waals surface area contributed by atoms with Gasteiger partial charge in [-0.3, -0.25) is 10.1 Å². The zero-order valence-electron chi connectivity index (χ0n) is 10.2. The number of fused-ring (bicyclic) bond motifs is 1. The van der Waals surface area contributed by atoms with Crippen molar-refractivity contribution < 1.29 is 4.92 Å². The minimum absolute atomic E-state index is 0.0852. The van der Waals surface area contributed by atoms with E-state index in [1.807, 2.05) is 24.3 Å². The van der Waals surface area contributed by atoms with Crippen molar-refractivity contribution >= 4 is 34.2 Å². The Kier molecular flexibility index (Phi) is 3.03. The predicted octanol–water partition coefficient (Wildman–Crippen LogP) is 3.20. The van der Waals surface area contributed by atoms with Crippen molar-refractivity contribution in [2.75, 3.05) is 5.73 Å². The molecule has 0 saturated carbocycles. The number of nitrogen functional groups attached to an aromatic ring is 1. The highest BCUT2D eigenvalue weighted by Crippen LogP contribution is 2.37. The molecule has 0 radical (unpaired) electrons. The zero-order valence-corrected chi connectivity index (χ0v) is 11.1. The fourth-order valence-electron chi connectivity index (χ4n) is 1.90. The first-order valence-electron chi connectivity index (χ1n) is 5.80. The number of imidazole rings is 1. The van der Waals surface area contributed by atoms with Gasteiger partial charge in [0, 0.05) is 0 Å². The lowest BCUT2D eigenvalue weighted by atomic mass is 10.3. The molecular formula is C13H10N4O2S. The van der Waals surface area contributed by atoms with Gasteiger partial charge in [-0.2, -0.15) is 0 Å². The maximum absolute atomic E-state index is 11.1. The van der Waals surface area contributed by atoms with E-state index < -0.39 is 4.92 Å². The molecule has 0 unspecified atom stereocenters. The summed E-state index contributed by atoms with van der Waals surface area (Å²) < 4.78 is 0. The molecule has 0 aliphatic heterocycles. The van der Waals surface area contributed by atoms with E-state index in [1.54, 1.807) is 12.1 Å². The van der Waals surface area contributed by atoms with Gasteiger partial charge in [0.15, 0.2) is 5.16 Å². The fourth-order valence-corrected chi connectivity index (χ4v) is 2.85. The van der Waals surface area contributed by atoms with Gasteiger partial charge < -0.3 is 10.7 Å². The summed E-state index contributed by atoms with van der Waals surface area (Å²) in [4.78, 5) is 18.6. The highest BCUT2D eigenvalue weighted by molar-refractivity contribution is 7.99. The molecule has 20 heavy (non-hydrogen) atoms. The van der Waals surface area contributed by atoms with Gasteiger partial charge >= 0.3 is 5.69 Å². The van der Waals surface area contributed by atoms with Crippen molar-refractivity contribution in [3.63, 3.8) is 0 Å². The third kappa shape index (κ3) is 2.19. The molecule has 3 rings (SSSR count). The van der Waals surface area contributed by atoms with Crippen molar-refractivity contribution in [1.82, 2.24) is 9.97 Å². The number of hydrogen-bond donors (Lipinski definition) is 2. The number of hydrogen-bond acceptors (Lipinski definition) is 5. The number of H-pyrrole nitrogens is 1. The van der Waals surface area contributed by atoms with Crippen molar-refractivity contribution in [3.05, 3.63) is 52.6 Å². The number of benzene rings is 2. The van der Waals surface area contributed by atoms with Gasteiger partial charge in [-0.05, 0) is 36.0 Å². The highest BCUT2D eigenvalue weighted by Gasteiger charge is 2.19. The van der Waals surface area contributed by atoms with Crippen LogP contribution in [0.15, 0.2) is 52.5 Å². The van der Waals surface area contributed by atoms with E-state index >= 15 is 0 Å². The third-order valence-electron chi connectivity index (χ3n) is 2.79. The van der Waals surface area contributed by atoms with Crippen LogP contribution >= 0.6 is 11.8 Å². The standard InChI is InChI=1S/C13H10N4O2S/c14-8-4-3-7-11(12(8)17(18)19)20-13-15-9-5-1-2-6-10(9)16-13/h1-7H,14H2,(H,15,16). The SMILES string of the molecule is Nc1cccc(Sc2nc3ccccc3[nH]2)c1[N+](=O)[O-]. The molecule has 0 amide bonds. The molecule has 7 heteroatoms.